The molecule has 1 aliphatic rings. The SMILES string of the molecule is CCOc1ccc(NC(=O)COc2ccc(C(=O)N[C@@H]3CCCc4ccccc43)cc2OC)cc1. The van der Waals surface area contributed by atoms with Crippen molar-refractivity contribution in [2.24, 2.45) is 0 Å². The van der Waals surface area contributed by atoms with Crippen LogP contribution in [0.5, 0.6) is 17.2 Å². The van der Waals surface area contributed by atoms with Crippen LogP contribution in [0.1, 0.15) is 47.3 Å². The number of aryl methyl sites for hydroxylation is 1. The Morgan fingerprint density at radius 3 is 2.54 bits per heavy atom. The lowest BCUT2D eigenvalue weighted by molar-refractivity contribution is -0.118. The lowest BCUT2D eigenvalue weighted by atomic mass is 9.87. The van der Waals surface area contributed by atoms with Crippen molar-refractivity contribution in [2.75, 3.05) is 25.6 Å². The highest BCUT2D eigenvalue weighted by atomic mass is 16.5. The van der Waals surface area contributed by atoms with Crippen molar-refractivity contribution in [1.82, 2.24) is 5.32 Å². The molecule has 1 atom stereocenters. The number of hydrogen-bond acceptors (Lipinski definition) is 5. The summed E-state index contributed by atoms with van der Waals surface area (Å²) in [5.74, 6) is 1.02. The van der Waals surface area contributed by atoms with E-state index >= 15 is 0 Å². The molecular formula is C28H30N2O5. The molecule has 0 spiro atoms. The molecule has 35 heavy (non-hydrogen) atoms. The molecule has 7 heteroatoms. The molecule has 2 N–H and O–H groups in total. The van der Waals surface area contributed by atoms with Gasteiger partial charge < -0.3 is 24.8 Å². The van der Waals surface area contributed by atoms with Crippen molar-refractivity contribution in [3.05, 3.63) is 83.4 Å². The number of amides is 2. The molecule has 0 saturated heterocycles. The van der Waals surface area contributed by atoms with Gasteiger partial charge in [0.25, 0.3) is 11.8 Å². The van der Waals surface area contributed by atoms with E-state index in [0.29, 0.717) is 29.4 Å². The number of ether oxygens (including phenoxy) is 3. The number of methoxy groups -OCH3 is 1. The Bertz CT molecular complexity index is 1180. The molecule has 0 bridgehead atoms. The van der Waals surface area contributed by atoms with E-state index in [1.165, 1.54) is 18.2 Å². The minimum Gasteiger partial charge on any atom is -0.494 e. The van der Waals surface area contributed by atoms with Gasteiger partial charge in [-0.3, -0.25) is 9.59 Å². The average molecular weight is 475 g/mol. The first kappa shape index (κ1) is 24.1. The van der Waals surface area contributed by atoms with Crippen LogP contribution in [0.3, 0.4) is 0 Å². The lowest BCUT2D eigenvalue weighted by Crippen LogP contribution is -2.31. The second kappa shape index (κ2) is 11.4. The third-order valence-corrected chi connectivity index (χ3v) is 5.91. The average Bonchev–Trinajstić information content (AvgIpc) is 2.89. The fourth-order valence-electron chi connectivity index (χ4n) is 4.22. The third kappa shape index (κ3) is 6.12. The largest absolute Gasteiger partial charge is 0.494 e. The third-order valence-electron chi connectivity index (χ3n) is 5.91. The normalized spacial score (nSPS) is 14.4. The van der Waals surface area contributed by atoms with Crippen LogP contribution in [-0.4, -0.2) is 32.1 Å². The summed E-state index contributed by atoms with van der Waals surface area (Å²) in [5, 5.41) is 5.92. The van der Waals surface area contributed by atoms with Crippen LogP contribution in [0.4, 0.5) is 5.69 Å². The van der Waals surface area contributed by atoms with Gasteiger partial charge in [-0.05, 0) is 79.8 Å². The fraction of sp³-hybridized carbons (Fsp3) is 0.286. The molecule has 4 rings (SSSR count). The second-order valence-electron chi connectivity index (χ2n) is 8.28. The number of carbonyl (C=O) groups is 2. The molecule has 0 fully saturated rings. The smallest absolute Gasteiger partial charge is 0.262 e. The maximum atomic E-state index is 13.0. The number of anilines is 1. The second-order valence-corrected chi connectivity index (χ2v) is 8.28. The molecule has 7 nitrogen and oxygen atoms in total. The number of benzene rings is 3. The van der Waals surface area contributed by atoms with Crippen LogP contribution < -0.4 is 24.8 Å². The van der Waals surface area contributed by atoms with Crippen LogP contribution >= 0.6 is 0 Å². The van der Waals surface area contributed by atoms with E-state index in [4.69, 9.17) is 14.2 Å². The molecule has 1 aliphatic carbocycles. The van der Waals surface area contributed by atoms with Crippen LogP contribution in [0, 0.1) is 0 Å². The highest BCUT2D eigenvalue weighted by Crippen LogP contribution is 2.31. The van der Waals surface area contributed by atoms with Gasteiger partial charge in [-0.1, -0.05) is 24.3 Å². The molecule has 0 saturated carbocycles. The number of carbonyl (C=O) groups excluding carboxylic acids is 2. The number of rotatable bonds is 9. The van der Waals surface area contributed by atoms with E-state index in [0.717, 1.165) is 25.0 Å². The fourth-order valence-corrected chi connectivity index (χ4v) is 4.22. The zero-order valence-corrected chi connectivity index (χ0v) is 20.0. The van der Waals surface area contributed by atoms with Gasteiger partial charge in [-0.2, -0.15) is 0 Å². The van der Waals surface area contributed by atoms with Crippen molar-refractivity contribution >= 4 is 17.5 Å². The topological polar surface area (TPSA) is 85.9 Å². The first-order valence-corrected chi connectivity index (χ1v) is 11.8. The molecule has 3 aromatic carbocycles. The molecule has 3 aromatic rings. The summed E-state index contributed by atoms with van der Waals surface area (Å²) in [7, 11) is 1.50. The Morgan fingerprint density at radius 1 is 0.971 bits per heavy atom. The van der Waals surface area contributed by atoms with Crippen molar-refractivity contribution in [3.63, 3.8) is 0 Å². The van der Waals surface area contributed by atoms with Gasteiger partial charge in [0.2, 0.25) is 0 Å². The van der Waals surface area contributed by atoms with Crippen LogP contribution in [0.25, 0.3) is 0 Å². The summed E-state index contributed by atoms with van der Waals surface area (Å²) in [6.45, 7) is 2.29. The lowest BCUT2D eigenvalue weighted by Gasteiger charge is -2.26. The highest BCUT2D eigenvalue weighted by molar-refractivity contribution is 5.95. The van der Waals surface area contributed by atoms with Crippen LogP contribution in [0.2, 0.25) is 0 Å². The summed E-state index contributed by atoms with van der Waals surface area (Å²) in [4.78, 5) is 25.3. The van der Waals surface area contributed by atoms with Crippen molar-refractivity contribution in [2.45, 2.75) is 32.2 Å². The molecule has 0 unspecified atom stereocenters. The first-order chi connectivity index (χ1) is 17.1. The predicted octanol–water partition coefficient (Wildman–Crippen LogP) is 4.92. The number of fused-ring (bicyclic) bond motifs is 1. The molecule has 0 radical (unpaired) electrons. The van der Waals surface area contributed by atoms with E-state index in [2.05, 4.69) is 22.8 Å². The summed E-state index contributed by atoms with van der Waals surface area (Å²) >= 11 is 0. The van der Waals surface area contributed by atoms with Gasteiger partial charge in [0.1, 0.15) is 5.75 Å². The van der Waals surface area contributed by atoms with Gasteiger partial charge in [0.05, 0.1) is 19.8 Å². The van der Waals surface area contributed by atoms with Gasteiger partial charge in [-0.25, -0.2) is 0 Å². The van der Waals surface area contributed by atoms with Crippen LogP contribution in [0.15, 0.2) is 66.7 Å². The van der Waals surface area contributed by atoms with Crippen LogP contribution in [-0.2, 0) is 11.2 Å². The Balaban J connectivity index is 1.35. The highest BCUT2D eigenvalue weighted by Gasteiger charge is 2.22. The van der Waals surface area contributed by atoms with Gasteiger partial charge in [0, 0.05) is 11.3 Å². The maximum Gasteiger partial charge on any atom is 0.262 e. The van der Waals surface area contributed by atoms with E-state index < -0.39 is 0 Å². The quantitative estimate of drug-likeness (QED) is 0.460. The van der Waals surface area contributed by atoms with E-state index in [9.17, 15) is 9.59 Å². The maximum absolute atomic E-state index is 13.0. The molecule has 2 amide bonds. The minimum atomic E-state index is -0.311. The van der Waals surface area contributed by atoms with Crippen molar-refractivity contribution < 1.29 is 23.8 Å². The number of hydrogen-bond donors (Lipinski definition) is 2. The Kier molecular flexibility index (Phi) is 7.88. The molecule has 0 aromatic heterocycles. The monoisotopic (exact) mass is 474 g/mol. The first-order valence-electron chi connectivity index (χ1n) is 11.8. The van der Waals surface area contributed by atoms with Crippen molar-refractivity contribution in [1.29, 1.82) is 0 Å². The van der Waals surface area contributed by atoms with Gasteiger partial charge in [0.15, 0.2) is 18.1 Å². The van der Waals surface area contributed by atoms with Gasteiger partial charge in [-0.15, -0.1) is 0 Å². The van der Waals surface area contributed by atoms with E-state index in [-0.39, 0.29) is 24.5 Å². The Morgan fingerprint density at radius 2 is 1.77 bits per heavy atom. The zero-order chi connectivity index (χ0) is 24.6. The summed E-state index contributed by atoms with van der Waals surface area (Å²) < 4.78 is 16.5. The molecule has 0 aliphatic heterocycles. The van der Waals surface area contributed by atoms with E-state index in [1.807, 2.05) is 19.1 Å². The summed E-state index contributed by atoms with van der Waals surface area (Å²) in [6.07, 6.45) is 2.98. The summed E-state index contributed by atoms with van der Waals surface area (Å²) in [6, 6.07) is 20.3. The molecule has 182 valence electrons. The zero-order valence-electron chi connectivity index (χ0n) is 20.0. The minimum absolute atomic E-state index is 0.0133. The number of nitrogens with one attached hydrogen (secondary N) is 2. The van der Waals surface area contributed by atoms with Gasteiger partial charge >= 0.3 is 0 Å². The molecule has 0 heterocycles. The molecular weight excluding hydrogens is 444 g/mol. The Hall–Kier alpha value is -4.00. The van der Waals surface area contributed by atoms with E-state index in [1.54, 1.807) is 42.5 Å². The Labute approximate surface area is 205 Å². The predicted molar refractivity (Wildman–Crippen MR) is 134 cm³/mol. The van der Waals surface area contributed by atoms with Crippen molar-refractivity contribution in [3.8, 4) is 17.2 Å². The summed E-state index contributed by atoms with van der Waals surface area (Å²) in [5.41, 5.74) is 3.58. The standard InChI is InChI=1S/C28H30N2O5/c1-3-34-22-14-12-21(13-15-22)29-27(31)18-35-25-16-11-20(17-26(25)33-2)28(32)30-24-10-6-8-19-7-4-5-9-23(19)24/h4-5,7,9,11-17,24H,3,6,8,10,18H2,1-2H3,(H,29,31)(H,30,32)/t24-/m1/s1.